The average molecular weight is 402 g/mol. The van der Waals surface area contributed by atoms with E-state index in [4.69, 9.17) is 16.6 Å². The van der Waals surface area contributed by atoms with Gasteiger partial charge in [0.15, 0.2) is 5.65 Å². The number of fused-ring (bicyclic) bond motifs is 1. The highest BCUT2D eigenvalue weighted by molar-refractivity contribution is 7.19. The SMILES string of the molecule is Cc1csc(CNC(=O)c2c(C=N)c3sc(CC(=N)/C=C\N)nc3n2C)n1. The number of aryl methyl sites for hydroxylation is 2. The van der Waals surface area contributed by atoms with E-state index in [-0.39, 0.29) is 5.91 Å². The number of carbonyl (C=O) groups is 1. The molecule has 0 saturated heterocycles. The molecule has 8 nitrogen and oxygen atoms in total. The number of allylic oxidation sites excluding steroid dienone is 1. The van der Waals surface area contributed by atoms with Crippen LogP contribution in [0, 0.1) is 17.7 Å². The fourth-order valence-corrected chi connectivity index (χ4v) is 4.54. The summed E-state index contributed by atoms with van der Waals surface area (Å²) in [5, 5.41) is 22.0. The summed E-state index contributed by atoms with van der Waals surface area (Å²) in [6.45, 7) is 2.25. The molecule has 10 heteroatoms. The Morgan fingerprint density at radius 2 is 2.19 bits per heavy atom. The second-order valence-electron chi connectivity index (χ2n) is 5.85. The highest BCUT2D eigenvalue weighted by atomic mass is 32.1. The molecular weight excluding hydrogens is 382 g/mol. The van der Waals surface area contributed by atoms with Crippen LogP contribution in [0.3, 0.4) is 0 Å². The van der Waals surface area contributed by atoms with Crippen LogP contribution in [0.5, 0.6) is 0 Å². The maximum absolute atomic E-state index is 12.7. The second-order valence-corrected chi connectivity index (χ2v) is 7.88. The van der Waals surface area contributed by atoms with Crippen molar-refractivity contribution in [2.45, 2.75) is 19.9 Å². The van der Waals surface area contributed by atoms with Gasteiger partial charge in [0.25, 0.3) is 5.91 Å². The number of hydrogen-bond acceptors (Lipinski definition) is 8. The summed E-state index contributed by atoms with van der Waals surface area (Å²) in [6, 6.07) is 0. The minimum atomic E-state index is -0.269. The van der Waals surface area contributed by atoms with Gasteiger partial charge in [0.05, 0.1) is 11.2 Å². The van der Waals surface area contributed by atoms with Crippen LogP contribution in [0.15, 0.2) is 17.7 Å². The first-order chi connectivity index (χ1) is 12.9. The second kappa shape index (κ2) is 7.80. The number of nitrogens with zero attached hydrogens (tertiary/aromatic N) is 3. The Bertz CT molecular complexity index is 1060. The van der Waals surface area contributed by atoms with Crippen molar-refractivity contribution >= 4 is 50.9 Å². The number of carbonyl (C=O) groups excluding carboxylic acids is 1. The Hall–Kier alpha value is -2.85. The van der Waals surface area contributed by atoms with Crippen molar-refractivity contribution in [3.8, 4) is 0 Å². The highest BCUT2D eigenvalue weighted by Gasteiger charge is 2.23. The molecule has 0 radical (unpaired) electrons. The van der Waals surface area contributed by atoms with Crippen LogP contribution in [-0.2, 0) is 20.0 Å². The summed E-state index contributed by atoms with van der Waals surface area (Å²) in [5.74, 6) is -0.269. The van der Waals surface area contributed by atoms with Gasteiger partial charge >= 0.3 is 0 Å². The molecule has 0 saturated carbocycles. The Morgan fingerprint density at radius 1 is 1.41 bits per heavy atom. The van der Waals surface area contributed by atoms with Gasteiger partial charge in [-0.15, -0.1) is 22.7 Å². The van der Waals surface area contributed by atoms with Gasteiger partial charge in [-0.3, -0.25) is 4.79 Å². The van der Waals surface area contributed by atoms with E-state index in [1.807, 2.05) is 12.3 Å². The molecule has 0 aromatic carbocycles. The standard InChI is InChI=1S/C17H19N7OS2/c1-9-8-26-13(22-9)7-21-17(25)14-11(6-19)15-16(24(14)2)23-12(27-15)5-10(20)3-4-18/h3-4,6,8,19-20H,5,7,18H2,1-2H3,(H,21,25)/b4-3-,19-6?,20-10?. The summed E-state index contributed by atoms with van der Waals surface area (Å²) in [5.41, 5.74) is 8.15. The van der Waals surface area contributed by atoms with Crippen molar-refractivity contribution in [3.05, 3.63) is 44.6 Å². The molecule has 27 heavy (non-hydrogen) atoms. The van der Waals surface area contributed by atoms with Gasteiger partial charge in [-0.2, -0.15) is 0 Å². The van der Waals surface area contributed by atoms with E-state index in [0.717, 1.165) is 20.4 Å². The van der Waals surface area contributed by atoms with E-state index in [0.29, 0.717) is 35.6 Å². The Labute approximate surface area is 163 Å². The number of rotatable bonds is 7. The molecule has 0 bridgehead atoms. The molecule has 0 aliphatic carbocycles. The maximum atomic E-state index is 12.7. The summed E-state index contributed by atoms with van der Waals surface area (Å²) in [4.78, 5) is 21.6. The zero-order chi connectivity index (χ0) is 19.6. The fourth-order valence-electron chi connectivity index (χ4n) is 2.70. The zero-order valence-electron chi connectivity index (χ0n) is 14.9. The third kappa shape index (κ3) is 3.81. The molecule has 3 aromatic heterocycles. The van der Waals surface area contributed by atoms with Gasteiger partial charge in [0, 0.05) is 42.0 Å². The minimum Gasteiger partial charge on any atom is -0.405 e. The van der Waals surface area contributed by atoms with Gasteiger partial charge in [-0.1, -0.05) is 0 Å². The number of amides is 1. The quantitative estimate of drug-likeness (QED) is 0.452. The van der Waals surface area contributed by atoms with E-state index >= 15 is 0 Å². The van der Waals surface area contributed by atoms with Crippen LogP contribution in [0.25, 0.3) is 10.3 Å². The minimum absolute atomic E-state index is 0.269. The lowest BCUT2D eigenvalue weighted by atomic mass is 10.2. The van der Waals surface area contributed by atoms with Crippen LogP contribution in [0.1, 0.15) is 31.8 Å². The van der Waals surface area contributed by atoms with E-state index in [2.05, 4.69) is 15.3 Å². The molecular formula is C17H19N7OS2. The van der Waals surface area contributed by atoms with E-state index in [1.54, 1.807) is 11.6 Å². The van der Waals surface area contributed by atoms with Crippen molar-refractivity contribution in [1.82, 2.24) is 19.9 Å². The topological polar surface area (TPSA) is 134 Å². The molecule has 3 aromatic rings. The van der Waals surface area contributed by atoms with Crippen LogP contribution in [0.4, 0.5) is 0 Å². The summed E-state index contributed by atoms with van der Waals surface area (Å²) < 4.78 is 2.46. The lowest BCUT2D eigenvalue weighted by Gasteiger charge is -2.06. The van der Waals surface area contributed by atoms with E-state index in [1.165, 1.54) is 41.2 Å². The van der Waals surface area contributed by atoms with Gasteiger partial charge in [0.2, 0.25) is 0 Å². The van der Waals surface area contributed by atoms with Crippen LogP contribution >= 0.6 is 22.7 Å². The molecule has 0 fully saturated rings. The Balaban J connectivity index is 1.87. The first-order valence-corrected chi connectivity index (χ1v) is 9.77. The number of nitrogens with two attached hydrogens (primary N) is 1. The van der Waals surface area contributed by atoms with Gasteiger partial charge in [-0.05, 0) is 19.2 Å². The smallest absolute Gasteiger partial charge is 0.269 e. The van der Waals surface area contributed by atoms with Crippen LogP contribution < -0.4 is 11.1 Å². The predicted octanol–water partition coefficient (Wildman–Crippen LogP) is 2.36. The largest absolute Gasteiger partial charge is 0.405 e. The van der Waals surface area contributed by atoms with Crippen molar-refractivity contribution in [2.75, 3.05) is 0 Å². The molecule has 0 spiro atoms. The number of aromatic nitrogens is 3. The van der Waals surface area contributed by atoms with Gasteiger partial charge in [-0.25, -0.2) is 9.97 Å². The fraction of sp³-hybridized carbons (Fsp3) is 0.235. The first kappa shape index (κ1) is 18.9. The normalized spacial score (nSPS) is 11.3. The van der Waals surface area contributed by atoms with Crippen molar-refractivity contribution in [1.29, 1.82) is 10.8 Å². The van der Waals surface area contributed by atoms with Crippen LogP contribution in [0.2, 0.25) is 0 Å². The number of thiazole rings is 2. The third-order valence-corrected chi connectivity index (χ3v) is 5.92. The molecule has 1 amide bonds. The summed E-state index contributed by atoms with van der Waals surface area (Å²) in [7, 11) is 1.76. The Morgan fingerprint density at radius 3 is 2.81 bits per heavy atom. The highest BCUT2D eigenvalue weighted by Crippen LogP contribution is 2.30. The first-order valence-electron chi connectivity index (χ1n) is 8.08. The molecule has 3 heterocycles. The summed E-state index contributed by atoms with van der Waals surface area (Å²) in [6.07, 6.45) is 4.38. The summed E-state index contributed by atoms with van der Waals surface area (Å²) >= 11 is 2.88. The monoisotopic (exact) mass is 401 g/mol. The average Bonchev–Trinajstić information content (AvgIpc) is 3.28. The van der Waals surface area contributed by atoms with Crippen molar-refractivity contribution < 1.29 is 4.79 Å². The predicted molar refractivity (Wildman–Crippen MR) is 109 cm³/mol. The molecule has 0 aliphatic rings. The maximum Gasteiger partial charge on any atom is 0.269 e. The third-order valence-electron chi connectivity index (χ3n) is 3.87. The molecule has 3 rings (SSSR count). The van der Waals surface area contributed by atoms with Crippen LogP contribution in [-0.4, -0.2) is 32.4 Å². The molecule has 0 aliphatic heterocycles. The molecule has 0 unspecified atom stereocenters. The van der Waals surface area contributed by atoms with Gasteiger partial charge < -0.3 is 26.4 Å². The van der Waals surface area contributed by atoms with Gasteiger partial charge in [0.1, 0.15) is 15.7 Å². The van der Waals surface area contributed by atoms with E-state index < -0.39 is 0 Å². The lowest BCUT2D eigenvalue weighted by Crippen LogP contribution is -2.26. The van der Waals surface area contributed by atoms with Crippen molar-refractivity contribution in [2.24, 2.45) is 12.8 Å². The Kier molecular flexibility index (Phi) is 5.47. The lowest BCUT2D eigenvalue weighted by molar-refractivity contribution is 0.0943. The molecule has 5 N–H and O–H groups in total. The molecule has 140 valence electrons. The molecule has 0 atom stereocenters. The van der Waals surface area contributed by atoms with Crippen molar-refractivity contribution in [3.63, 3.8) is 0 Å². The number of hydrogen-bond donors (Lipinski definition) is 4. The number of nitrogens with one attached hydrogen (secondary N) is 3. The van der Waals surface area contributed by atoms with E-state index in [9.17, 15) is 4.79 Å². The zero-order valence-corrected chi connectivity index (χ0v) is 16.5.